The van der Waals surface area contributed by atoms with Crippen molar-refractivity contribution in [1.29, 1.82) is 0 Å². The Hall–Kier alpha value is -1.46. The number of rotatable bonds is 10. The van der Waals surface area contributed by atoms with Crippen molar-refractivity contribution in [2.75, 3.05) is 52.4 Å². The molecule has 8 nitrogen and oxygen atoms in total. The molecule has 0 aliphatic carbocycles. The summed E-state index contributed by atoms with van der Waals surface area (Å²) in [5, 5.41) is 8.80. The van der Waals surface area contributed by atoms with Crippen LogP contribution >= 0.6 is 24.0 Å². The van der Waals surface area contributed by atoms with Crippen molar-refractivity contribution in [3.05, 3.63) is 24.5 Å². The molecule has 0 spiro atoms. The van der Waals surface area contributed by atoms with E-state index in [1.54, 1.807) is 38.7 Å². The third-order valence-electron chi connectivity index (χ3n) is 2.77. The van der Waals surface area contributed by atoms with E-state index in [1.165, 1.54) is 0 Å². The van der Waals surface area contributed by atoms with Gasteiger partial charge < -0.3 is 25.4 Å². The molecule has 1 heterocycles. The normalized spacial score (nSPS) is 10.7. The average molecular weight is 451 g/mol. The van der Waals surface area contributed by atoms with Gasteiger partial charge in [0, 0.05) is 33.5 Å². The summed E-state index contributed by atoms with van der Waals surface area (Å²) in [6.45, 7) is 2.67. The number of amides is 1. The van der Waals surface area contributed by atoms with Gasteiger partial charge in [0.15, 0.2) is 5.96 Å². The average Bonchev–Trinajstić information content (AvgIpc) is 2.57. The van der Waals surface area contributed by atoms with Gasteiger partial charge in [0.05, 0.1) is 31.6 Å². The molecule has 0 saturated carbocycles. The number of hydrogen-bond acceptors (Lipinski definition) is 5. The third-order valence-corrected chi connectivity index (χ3v) is 2.77. The first-order chi connectivity index (χ1) is 11.3. The molecule has 9 heteroatoms. The molecule has 0 radical (unpaired) electrons. The van der Waals surface area contributed by atoms with Gasteiger partial charge in [-0.25, -0.2) is 0 Å². The van der Waals surface area contributed by atoms with Crippen molar-refractivity contribution < 1.29 is 14.3 Å². The van der Waals surface area contributed by atoms with Crippen LogP contribution in [0.1, 0.15) is 6.42 Å². The van der Waals surface area contributed by atoms with Crippen LogP contribution in [0.3, 0.4) is 0 Å². The predicted molar refractivity (Wildman–Crippen MR) is 105 cm³/mol. The van der Waals surface area contributed by atoms with E-state index >= 15 is 0 Å². The van der Waals surface area contributed by atoms with E-state index in [4.69, 9.17) is 9.47 Å². The van der Waals surface area contributed by atoms with Crippen LogP contribution in [0.4, 0.5) is 5.69 Å². The van der Waals surface area contributed by atoms with Gasteiger partial charge in [0.25, 0.3) is 0 Å². The van der Waals surface area contributed by atoms with Crippen LogP contribution in [-0.2, 0) is 14.3 Å². The quantitative estimate of drug-likeness (QED) is 0.211. The van der Waals surface area contributed by atoms with E-state index in [2.05, 4.69) is 25.9 Å². The van der Waals surface area contributed by atoms with E-state index in [1.807, 2.05) is 0 Å². The maximum absolute atomic E-state index is 11.8. The molecule has 1 amide bonds. The molecule has 3 N–H and O–H groups in total. The number of aromatic nitrogens is 1. The summed E-state index contributed by atoms with van der Waals surface area (Å²) >= 11 is 0. The Morgan fingerprint density at radius 2 is 2.12 bits per heavy atom. The summed E-state index contributed by atoms with van der Waals surface area (Å²) in [4.78, 5) is 19.8. The second-order valence-electron chi connectivity index (χ2n) is 4.60. The Morgan fingerprint density at radius 3 is 2.79 bits per heavy atom. The molecule has 0 fully saturated rings. The number of aliphatic imine (C=N–C) groups is 1. The molecule has 24 heavy (non-hydrogen) atoms. The molecule has 0 aliphatic rings. The van der Waals surface area contributed by atoms with Gasteiger partial charge in [0.2, 0.25) is 5.91 Å². The Balaban J connectivity index is 0.00000529. The summed E-state index contributed by atoms with van der Waals surface area (Å²) in [5.74, 6) is 0.409. The molecule has 0 aliphatic heterocycles. The van der Waals surface area contributed by atoms with Crippen molar-refractivity contribution in [3.63, 3.8) is 0 Å². The molecule has 136 valence electrons. The standard InChI is InChI=1S/C15H25N5O3.HI/c1-16-15(18-7-4-8-23-10-9-22-2)19-12-14(21)20-13-5-3-6-17-11-13;/h3,5-6,11H,4,7-10,12H2,1-2H3,(H,20,21)(H2,16,18,19);1H. The van der Waals surface area contributed by atoms with Crippen LogP contribution in [0, 0.1) is 0 Å². The molecule has 0 atom stereocenters. The number of anilines is 1. The van der Waals surface area contributed by atoms with Gasteiger partial charge >= 0.3 is 0 Å². The van der Waals surface area contributed by atoms with E-state index in [0.29, 0.717) is 38.0 Å². The number of halogens is 1. The molecular weight excluding hydrogens is 425 g/mol. The first-order valence-corrected chi connectivity index (χ1v) is 7.47. The van der Waals surface area contributed by atoms with Crippen LogP contribution in [0.2, 0.25) is 0 Å². The number of nitrogens with zero attached hydrogens (tertiary/aromatic N) is 2. The number of nitrogens with one attached hydrogen (secondary N) is 3. The molecule has 1 rings (SSSR count). The Bertz CT molecular complexity index is 473. The molecule has 1 aromatic rings. The minimum atomic E-state index is -0.163. The lowest BCUT2D eigenvalue weighted by Gasteiger charge is -2.12. The van der Waals surface area contributed by atoms with Crippen molar-refractivity contribution in [2.45, 2.75) is 6.42 Å². The summed E-state index contributed by atoms with van der Waals surface area (Å²) < 4.78 is 10.2. The van der Waals surface area contributed by atoms with Gasteiger partial charge in [-0.1, -0.05) is 0 Å². The van der Waals surface area contributed by atoms with Gasteiger partial charge in [-0.05, 0) is 18.6 Å². The lowest BCUT2D eigenvalue weighted by Crippen LogP contribution is -2.41. The van der Waals surface area contributed by atoms with Crippen molar-refractivity contribution >= 4 is 41.5 Å². The molecular formula is C15H26IN5O3. The smallest absolute Gasteiger partial charge is 0.243 e. The highest BCUT2D eigenvalue weighted by atomic mass is 127. The number of ether oxygens (including phenoxy) is 2. The molecule has 1 aromatic heterocycles. The zero-order valence-corrected chi connectivity index (χ0v) is 16.4. The summed E-state index contributed by atoms with van der Waals surface area (Å²) in [6, 6.07) is 3.54. The maximum atomic E-state index is 11.8. The minimum absolute atomic E-state index is 0. The topological polar surface area (TPSA) is 96.9 Å². The van der Waals surface area contributed by atoms with Crippen molar-refractivity contribution in [1.82, 2.24) is 15.6 Å². The Labute approximate surface area is 159 Å². The monoisotopic (exact) mass is 451 g/mol. The van der Waals surface area contributed by atoms with Crippen molar-refractivity contribution in [3.8, 4) is 0 Å². The van der Waals surface area contributed by atoms with Gasteiger partial charge in [-0.15, -0.1) is 24.0 Å². The van der Waals surface area contributed by atoms with E-state index in [-0.39, 0.29) is 36.4 Å². The first kappa shape index (κ1) is 22.5. The number of guanidine groups is 1. The molecule has 0 aromatic carbocycles. The van der Waals surface area contributed by atoms with Gasteiger partial charge in [-0.3, -0.25) is 14.8 Å². The fourth-order valence-electron chi connectivity index (χ4n) is 1.65. The summed E-state index contributed by atoms with van der Waals surface area (Å²) in [5.41, 5.74) is 0.662. The van der Waals surface area contributed by atoms with Crippen LogP contribution in [0.5, 0.6) is 0 Å². The fourth-order valence-corrected chi connectivity index (χ4v) is 1.65. The van der Waals surface area contributed by atoms with Gasteiger partial charge in [-0.2, -0.15) is 0 Å². The third kappa shape index (κ3) is 11.1. The minimum Gasteiger partial charge on any atom is -0.382 e. The lowest BCUT2D eigenvalue weighted by molar-refractivity contribution is -0.115. The highest BCUT2D eigenvalue weighted by Gasteiger charge is 2.04. The predicted octanol–water partition coefficient (Wildman–Crippen LogP) is 0.856. The summed E-state index contributed by atoms with van der Waals surface area (Å²) in [7, 11) is 3.30. The highest BCUT2D eigenvalue weighted by Crippen LogP contribution is 2.01. The highest BCUT2D eigenvalue weighted by molar-refractivity contribution is 14.0. The summed E-state index contributed by atoms with van der Waals surface area (Å²) in [6.07, 6.45) is 4.08. The number of carbonyl (C=O) groups excluding carboxylic acids is 1. The maximum Gasteiger partial charge on any atom is 0.243 e. The van der Waals surface area contributed by atoms with E-state index in [0.717, 1.165) is 6.42 Å². The Kier molecular flexibility index (Phi) is 14.2. The molecule has 0 bridgehead atoms. The Morgan fingerprint density at radius 1 is 1.29 bits per heavy atom. The van der Waals surface area contributed by atoms with E-state index in [9.17, 15) is 4.79 Å². The van der Waals surface area contributed by atoms with E-state index < -0.39 is 0 Å². The number of methoxy groups -OCH3 is 1. The zero-order chi connectivity index (χ0) is 16.8. The van der Waals surface area contributed by atoms with Crippen LogP contribution in [-0.4, -0.2) is 63.9 Å². The number of carbonyl (C=O) groups is 1. The fraction of sp³-hybridized carbons (Fsp3) is 0.533. The number of pyridine rings is 1. The van der Waals surface area contributed by atoms with Crippen molar-refractivity contribution in [2.24, 2.45) is 4.99 Å². The zero-order valence-electron chi connectivity index (χ0n) is 14.1. The second-order valence-corrected chi connectivity index (χ2v) is 4.60. The largest absolute Gasteiger partial charge is 0.382 e. The SMILES string of the molecule is CN=C(NCCCOCCOC)NCC(=O)Nc1cccnc1.I. The second kappa shape index (κ2) is 15.1. The molecule has 0 saturated heterocycles. The lowest BCUT2D eigenvalue weighted by atomic mass is 10.4. The van der Waals surface area contributed by atoms with Crippen LogP contribution in [0.15, 0.2) is 29.5 Å². The number of hydrogen-bond donors (Lipinski definition) is 3. The van der Waals surface area contributed by atoms with Crippen LogP contribution < -0.4 is 16.0 Å². The molecule has 0 unspecified atom stereocenters. The van der Waals surface area contributed by atoms with Gasteiger partial charge in [0.1, 0.15) is 0 Å². The van der Waals surface area contributed by atoms with Crippen LogP contribution in [0.25, 0.3) is 0 Å². The first-order valence-electron chi connectivity index (χ1n) is 7.47.